The highest BCUT2D eigenvalue weighted by Crippen LogP contribution is 2.35. The highest BCUT2D eigenvalue weighted by atomic mass is 32.1. The summed E-state index contributed by atoms with van der Waals surface area (Å²) < 4.78 is 0. The van der Waals surface area contributed by atoms with Crippen molar-refractivity contribution in [2.24, 2.45) is 11.7 Å². The maximum absolute atomic E-state index is 6.42. The minimum atomic E-state index is 0.226. The molecule has 1 aromatic heterocycles. The van der Waals surface area contributed by atoms with Crippen LogP contribution in [0.5, 0.6) is 0 Å². The van der Waals surface area contributed by atoms with E-state index in [2.05, 4.69) is 18.8 Å². The van der Waals surface area contributed by atoms with E-state index in [1.54, 1.807) is 11.3 Å². The Morgan fingerprint density at radius 3 is 2.31 bits per heavy atom. The van der Waals surface area contributed by atoms with Crippen LogP contribution in [0.15, 0.2) is 0 Å². The molecule has 0 aliphatic heterocycles. The van der Waals surface area contributed by atoms with Crippen LogP contribution in [0.25, 0.3) is 0 Å². The van der Waals surface area contributed by atoms with Crippen molar-refractivity contribution in [3.63, 3.8) is 0 Å². The molecule has 3 heteroatoms. The zero-order valence-electron chi connectivity index (χ0n) is 10.3. The van der Waals surface area contributed by atoms with Crippen LogP contribution < -0.4 is 5.73 Å². The Morgan fingerprint density at radius 2 is 1.81 bits per heavy atom. The molecule has 1 heterocycles. The van der Waals surface area contributed by atoms with Gasteiger partial charge in [0.2, 0.25) is 0 Å². The topological polar surface area (TPSA) is 38.9 Å². The van der Waals surface area contributed by atoms with Gasteiger partial charge in [-0.2, -0.15) is 0 Å². The molecular formula is C13H22N2S. The van der Waals surface area contributed by atoms with Crippen LogP contribution in [0.4, 0.5) is 0 Å². The number of aryl methyl sites for hydroxylation is 2. The number of thiazole rings is 1. The standard InChI is InChI=1S/C13H22N2S/c1-9-13(16-10(2)15-9)12(14)11-7-5-3-4-6-8-11/h11-12H,3-8,14H2,1-2H3. The Bertz CT molecular complexity index is 338. The lowest BCUT2D eigenvalue weighted by Crippen LogP contribution is -2.20. The van der Waals surface area contributed by atoms with Gasteiger partial charge >= 0.3 is 0 Å². The van der Waals surface area contributed by atoms with E-state index in [-0.39, 0.29) is 6.04 Å². The van der Waals surface area contributed by atoms with Gasteiger partial charge in [0.25, 0.3) is 0 Å². The van der Waals surface area contributed by atoms with E-state index in [4.69, 9.17) is 5.73 Å². The van der Waals surface area contributed by atoms with Gasteiger partial charge in [0, 0.05) is 10.9 Å². The lowest BCUT2D eigenvalue weighted by Gasteiger charge is -2.21. The highest BCUT2D eigenvalue weighted by molar-refractivity contribution is 7.11. The smallest absolute Gasteiger partial charge is 0.0900 e. The third kappa shape index (κ3) is 2.64. The number of aromatic nitrogens is 1. The molecule has 1 atom stereocenters. The molecule has 1 aliphatic carbocycles. The quantitative estimate of drug-likeness (QED) is 0.797. The van der Waals surface area contributed by atoms with Crippen molar-refractivity contribution in [1.82, 2.24) is 4.98 Å². The summed E-state index contributed by atoms with van der Waals surface area (Å²) in [5.41, 5.74) is 7.58. The van der Waals surface area contributed by atoms with Gasteiger partial charge in [-0.25, -0.2) is 4.98 Å². The zero-order chi connectivity index (χ0) is 11.5. The van der Waals surface area contributed by atoms with Crippen molar-refractivity contribution < 1.29 is 0 Å². The molecule has 2 rings (SSSR count). The first-order valence-electron chi connectivity index (χ1n) is 6.38. The Kier molecular flexibility index (Phi) is 3.98. The molecule has 0 bridgehead atoms. The first-order chi connectivity index (χ1) is 7.68. The van der Waals surface area contributed by atoms with Crippen LogP contribution in [-0.2, 0) is 0 Å². The Hall–Kier alpha value is -0.410. The molecule has 1 aromatic rings. The number of nitrogens with two attached hydrogens (primary N) is 1. The molecule has 0 amide bonds. The predicted octanol–water partition coefficient (Wildman–Crippen LogP) is 3.73. The fourth-order valence-electron chi connectivity index (χ4n) is 2.74. The van der Waals surface area contributed by atoms with E-state index in [0.29, 0.717) is 5.92 Å². The summed E-state index contributed by atoms with van der Waals surface area (Å²) >= 11 is 1.79. The average molecular weight is 238 g/mol. The van der Waals surface area contributed by atoms with Crippen LogP contribution in [0, 0.1) is 19.8 Å². The van der Waals surface area contributed by atoms with Crippen LogP contribution >= 0.6 is 11.3 Å². The van der Waals surface area contributed by atoms with Gasteiger partial charge in [-0.1, -0.05) is 25.7 Å². The highest BCUT2D eigenvalue weighted by Gasteiger charge is 2.23. The molecule has 2 nitrogen and oxygen atoms in total. The van der Waals surface area contributed by atoms with E-state index >= 15 is 0 Å². The first kappa shape index (κ1) is 12.1. The lowest BCUT2D eigenvalue weighted by atomic mass is 9.91. The fraction of sp³-hybridized carbons (Fsp3) is 0.769. The summed E-state index contributed by atoms with van der Waals surface area (Å²) in [6.07, 6.45) is 8.10. The molecule has 90 valence electrons. The molecule has 0 saturated heterocycles. The minimum Gasteiger partial charge on any atom is -0.323 e. The van der Waals surface area contributed by atoms with Gasteiger partial charge in [0.05, 0.1) is 10.7 Å². The van der Waals surface area contributed by atoms with E-state index in [9.17, 15) is 0 Å². The molecule has 1 aliphatic rings. The molecular weight excluding hydrogens is 216 g/mol. The number of hydrogen-bond donors (Lipinski definition) is 1. The first-order valence-corrected chi connectivity index (χ1v) is 7.19. The molecule has 16 heavy (non-hydrogen) atoms. The van der Waals surface area contributed by atoms with E-state index in [1.165, 1.54) is 43.4 Å². The van der Waals surface area contributed by atoms with Gasteiger partial charge in [0.1, 0.15) is 0 Å². The molecule has 0 aromatic carbocycles. The molecule has 1 fully saturated rings. The van der Waals surface area contributed by atoms with Gasteiger partial charge in [-0.15, -0.1) is 11.3 Å². The van der Waals surface area contributed by atoms with Crippen molar-refractivity contribution in [3.8, 4) is 0 Å². The van der Waals surface area contributed by atoms with Crippen molar-refractivity contribution in [2.75, 3.05) is 0 Å². The second kappa shape index (κ2) is 5.28. The summed E-state index contributed by atoms with van der Waals surface area (Å²) in [6, 6.07) is 0.226. The normalized spacial score (nSPS) is 20.7. The summed E-state index contributed by atoms with van der Waals surface area (Å²) in [5, 5.41) is 1.15. The summed E-state index contributed by atoms with van der Waals surface area (Å²) in [5.74, 6) is 0.682. The fourth-order valence-corrected chi connectivity index (χ4v) is 3.76. The van der Waals surface area contributed by atoms with Crippen LogP contribution in [-0.4, -0.2) is 4.98 Å². The molecule has 0 radical (unpaired) electrons. The van der Waals surface area contributed by atoms with Crippen molar-refractivity contribution >= 4 is 11.3 Å². The average Bonchev–Trinajstić information content (AvgIpc) is 2.49. The van der Waals surface area contributed by atoms with Gasteiger partial charge in [0.15, 0.2) is 0 Å². The Balaban J connectivity index is 2.10. The van der Waals surface area contributed by atoms with Crippen LogP contribution in [0.3, 0.4) is 0 Å². The monoisotopic (exact) mass is 238 g/mol. The van der Waals surface area contributed by atoms with E-state index < -0.39 is 0 Å². The zero-order valence-corrected chi connectivity index (χ0v) is 11.1. The van der Waals surface area contributed by atoms with Gasteiger partial charge in [-0.05, 0) is 32.6 Å². The number of nitrogens with zero attached hydrogens (tertiary/aromatic N) is 1. The number of hydrogen-bond acceptors (Lipinski definition) is 3. The molecule has 1 saturated carbocycles. The van der Waals surface area contributed by atoms with Crippen molar-refractivity contribution in [3.05, 3.63) is 15.6 Å². The van der Waals surface area contributed by atoms with Gasteiger partial charge in [-0.3, -0.25) is 0 Å². The van der Waals surface area contributed by atoms with Crippen LogP contribution in [0.1, 0.15) is 60.1 Å². The van der Waals surface area contributed by atoms with Gasteiger partial charge < -0.3 is 5.73 Å². The van der Waals surface area contributed by atoms with E-state index in [0.717, 1.165) is 10.7 Å². The maximum atomic E-state index is 6.42. The van der Waals surface area contributed by atoms with Crippen LogP contribution in [0.2, 0.25) is 0 Å². The SMILES string of the molecule is Cc1nc(C)c(C(N)C2CCCCCC2)s1. The second-order valence-electron chi connectivity index (χ2n) is 4.96. The number of rotatable bonds is 2. The van der Waals surface area contributed by atoms with Crippen molar-refractivity contribution in [1.29, 1.82) is 0 Å². The largest absolute Gasteiger partial charge is 0.323 e. The third-order valence-electron chi connectivity index (χ3n) is 3.65. The van der Waals surface area contributed by atoms with Crippen molar-refractivity contribution in [2.45, 2.75) is 58.4 Å². The molecule has 2 N–H and O–H groups in total. The molecule has 0 spiro atoms. The second-order valence-corrected chi connectivity index (χ2v) is 6.19. The van der Waals surface area contributed by atoms with E-state index in [1.807, 2.05) is 0 Å². The summed E-state index contributed by atoms with van der Waals surface area (Å²) in [7, 11) is 0. The lowest BCUT2D eigenvalue weighted by molar-refractivity contribution is 0.385. The Morgan fingerprint density at radius 1 is 1.19 bits per heavy atom. The summed E-state index contributed by atoms with van der Waals surface area (Å²) in [6.45, 7) is 4.16. The maximum Gasteiger partial charge on any atom is 0.0900 e. The minimum absolute atomic E-state index is 0.226. The predicted molar refractivity (Wildman–Crippen MR) is 69.7 cm³/mol. The summed E-state index contributed by atoms with van der Waals surface area (Å²) in [4.78, 5) is 5.81. The Labute approximate surface area is 102 Å². The molecule has 1 unspecified atom stereocenters. The third-order valence-corrected chi connectivity index (χ3v) is 4.82.